The van der Waals surface area contributed by atoms with E-state index in [1.165, 1.54) is 6.07 Å². The molecule has 6 nitrogen and oxygen atoms in total. The number of aliphatic hydroxyl groups excluding tert-OH is 3. The van der Waals surface area contributed by atoms with Crippen molar-refractivity contribution in [3.8, 4) is 5.75 Å². The molecule has 0 aliphatic rings. The van der Waals surface area contributed by atoms with Gasteiger partial charge >= 0.3 is 5.97 Å². The van der Waals surface area contributed by atoms with Crippen molar-refractivity contribution in [1.29, 1.82) is 0 Å². The van der Waals surface area contributed by atoms with Gasteiger partial charge < -0.3 is 25.5 Å². The highest BCUT2D eigenvalue weighted by molar-refractivity contribution is 5.93. The number of carbonyl (C=O) groups is 1. The summed E-state index contributed by atoms with van der Waals surface area (Å²) in [7, 11) is 0. The first-order chi connectivity index (χ1) is 10.3. The second kappa shape index (κ2) is 7.58. The highest BCUT2D eigenvalue weighted by atomic mass is 16.4. The molecular weight excluding hydrogens is 288 g/mol. The largest absolute Gasteiger partial charge is 0.507 e. The maximum Gasteiger partial charge on any atom is 0.336 e. The van der Waals surface area contributed by atoms with Crippen molar-refractivity contribution in [3.63, 3.8) is 0 Å². The Morgan fingerprint density at radius 2 is 1.41 bits per heavy atom. The predicted molar refractivity (Wildman–Crippen MR) is 81.6 cm³/mol. The highest BCUT2D eigenvalue weighted by Crippen LogP contribution is 2.40. The van der Waals surface area contributed by atoms with Gasteiger partial charge in [-0.2, -0.15) is 0 Å². The minimum Gasteiger partial charge on any atom is -0.507 e. The lowest BCUT2D eigenvalue weighted by Crippen LogP contribution is -2.17. The zero-order chi connectivity index (χ0) is 17.0. The highest BCUT2D eigenvalue weighted by Gasteiger charge is 2.28. The van der Waals surface area contributed by atoms with Crippen LogP contribution in [0.5, 0.6) is 5.75 Å². The number of hydrogen-bond acceptors (Lipinski definition) is 5. The molecule has 5 N–H and O–H groups in total. The third kappa shape index (κ3) is 3.40. The Morgan fingerprint density at radius 3 is 1.82 bits per heavy atom. The molecule has 3 unspecified atom stereocenters. The monoisotopic (exact) mass is 312 g/mol. The third-order valence-corrected chi connectivity index (χ3v) is 3.99. The molecule has 0 saturated carbocycles. The molecular formula is C16H24O6. The van der Waals surface area contributed by atoms with Crippen LogP contribution in [0.2, 0.25) is 0 Å². The Morgan fingerprint density at radius 1 is 0.955 bits per heavy atom. The fraction of sp³-hybridized carbons (Fsp3) is 0.562. The van der Waals surface area contributed by atoms with Gasteiger partial charge in [0.1, 0.15) is 5.75 Å². The van der Waals surface area contributed by atoms with Gasteiger partial charge in [-0.05, 0) is 11.1 Å². The molecule has 0 radical (unpaired) electrons. The average Bonchev–Trinajstić information content (AvgIpc) is 2.51. The van der Waals surface area contributed by atoms with Crippen molar-refractivity contribution < 1.29 is 30.3 Å². The van der Waals surface area contributed by atoms with E-state index in [-0.39, 0.29) is 36.7 Å². The normalized spacial score (nSPS) is 15.4. The molecule has 3 atom stereocenters. The van der Waals surface area contributed by atoms with E-state index in [9.17, 15) is 30.3 Å². The molecule has 6 heteroatoms. The van der Waals surface area contributed by atoms with Crippen LogP contribution in [0.1, 0.15) is 65.6 Å². The van der Waals surface area contributed by atoms with E-state index < -0.39 is 23.7 Å². The number of benzene rings is 1. The number of aromatic carboxylic acids is 1. The summed E-state index contributed by atoms with van der Waals surface area (Å²) >= 11 is 0. The predicted octanol–water partition coefficient (Wildman–Crippen LogP) is 1.38. The Labute approximate surface area is 129 Å². The number of carboxylic acid groups (broad SMARTS) is 1. The lowest BCUT2D eigenvalue weighted by atomic mass is 9.82. The molecule has 0 saturated heterocycles. The number of carboxylic acids is 1. The van der Waals surface area contributed by atoms with E-state index in [2.05, 4.69) is 0 Å². The molecule has 0 aliphatic heterocycles. The summed E-state index contributed by atoms with van der Waals surface area (Å²) in [6.07, 6.45) is 0. The van der Waals surface area contributed by atoms with Gasteiger partial charge in [-0.3, -0.25) is 0 Å². The molecule has 1 rings (SSSR count). The summed E-state index contributed by atoms with van der Waals surface area (Å²) in [6, 6.07) is 1.52. The maximum atomic E-state index is 11.7. The van der Waals surface area contributed by atoms with E-state index in [4.69, 9.17) is 0 Å². The van der Waals surface area contributed by atoms with Crippen LogP contribution in [0.4, 0.5) is 0 Å². The van der Waals surface area contributed by atoms with Crippen LogP contribution >= 0.6 is 0 Å². The molecule has 0 heterocycles. The van der Waals surface area contributed by atoms with Crippen molar-refractivity contribution in [1.82, 2.24) is 0 Å². The minimum atomic E-state index is -1.22. The van der Waals surface area contributed by atoms with Gasteiger partial charge in [-0.1, -0.05) is 26.8 Å². The van der Waals surface area contributed by atoms with Gasteiger partial charge in [-0.25, -0.2) is 4.79 Å². The van der Waals surface area contributed by atoms with Crippen molar-refractivity contribution in [3.05, 3.63) is 28.3 Å². The molecule has 0 aliphatic carbocycles. The van der Waals surface area contributed by atoms with E-state index in [0.29, 0.717) is 11.1 Å². The summed E-state index contributed by atoms with van der Waals surface area (Å²) < 4.78 is 0. The lowest BCUT2D eigenvalue weighted by Gasteiger charge is -2.24. The summed E-state index contributed by atoms with van der Waals surface area (Å²) in [5.41, 5.74) is 0.856. The molecule has 0 amide bonds. The van der Waals surface area contributed by atoms with E-state index >= 15 is 0 Å². The van der Waals surface area contributed by atoms with Crippen LogP contribution in [-0.4, -0.2) is 51.3 Å². The number of phenols is 1. The van der Waals surface area contributed by atoms with Crippen LogP contribution in [0, 0.1) is 0 Å². The van der Waals surface area contributed by atoms with E-state index in [1.807, 2.05) is 0 Å². The quantitative estimate of drug-likeness (QED) is 0.519. The Hall–Kier alpha value is -1.63. The number of aliphatic hydroxyl groups is 3. The molecule has 0 aromatic heterocycles. The van der Waals surface area contributed by atoms with Crippen LogP contribution in [-0.2, 0) is 0 Å². The minimum absolute atomic E-state index is 0.0884. The SMILES string of the molecule is CC(CO)c1cc(C(C)CO)c(C(=O)O)c(C(C)CO)c1O. The maximum absolute atomic E-state index is 11.7. The van der Waals surface area contributed by atoms with Gasteiger partial charge in [0.15, 0.2) is 0 Å². The standard InChI is InChI=1S/C16H24O6/c1-8(5-17)11-4-12(9(2)6-18)15(20)13(10(3)7-19)14(11)16(21)22/h4,8-10,17-20H,5-7H2,1-3H3,(H,21,22). The van der Waals surface area contributed by atoms with Gasteiger partial charge in [0.2, 0.25) is 0 Å². The van der Waals surface area contributed by atoms with Crippen LogP contribution < -0.4 is 0 Å². The second-order valence-corrected chi connectivity index (χ2v) is 5.75. The second-order valence-electron chi connectivity index (χ2n) is 5.75. The third-order valence-electron chi connectivity index (χ3n) is 3.99. The Balaban J connectivity index is 3.79. The number of hydrogen-bond donors (Lipinski definition) is 5. The molecule has 1 aromatic rings. The summed E-state index contributed by atoms with van der Waals surface area (Å²) in [5.74, 6) is -2.85. The van der Waals surface area contributed by atoms with Crippen molar-refractivity contribution in [2.75, 3.05) is 19.8 Å². The zero-order valence-electron chi connectivity index (χ0n) is 13.1. The number of aromatic hydroxyl groups is 1. The molecule has 1 aromatic carbocycles. The Bertz CT molecular complexity index is 540. The van der Waals surface area contributed by atoms with Gasteiger partial charge in [0.25, 0.3) is 0 Å². The Kier molecular flexibility index (Phi) is 6.34. The molecule has 22 heavy (non-hydrogen) atoms. The molecule has 124 valence electrons. The number of phenolic OH excluding ortho intramolecular Hbond substituents is 1. The molecule has 0 fully saturated rings. The average molecular weight is 312 g/mol. The smallest absolute Gasteiger partial charge is 0.336 e. The van der Waals surface area contributed by atoms with Crippen molar-refractivity contribution in [2.24, 2.45) is 0 Å². The first kappa shape index (κ1) is 18.4. The fourth-order valence-corrected chi connectivity index (χ4v) is 2.51. The topological polar surface area (TPSA) is 118 Å². The first-order valence-electron chi connectivity index (χ1n) is 7.25. The zero-order valence-corrected chi connectivity index (χ0v) is 13.1. The fourth-order valence-electron chi connectivity index (χ4n) is 2.51. The lowest BCUT2D eigenvalue weighted by molar-refractivity contribution is 0.0692. The van der Waals surface area contributed by atoms with Gasteiger partial charge in [0.05, 0.1) is 5.56 Å². The summed E-state index contributed by atoms with van der Waals surface area (Å²) in [5, 5.41) is 48.1. The van der Waals surface area contributed by atoms with E-state index in [0.717, 1.165) is 0 Å². The van der Waals surface area contributed by atoms with E-state index in [1.54, 1.807) is 20.8 Å². The van der Waals surface area contributed by atoms with Crippen LogP contribution in [0.25, 0.3) is 0 Å². The van der Waals surface area contributed by atoms with Crippen molar-refractivity contribution >= 4 is 5.97 Å². The van der Waals surface area contributed by atoms with Crippen LogP contribution in [0.15, 0.2) is 6.07 Å². The first-order valence-corrected chi connectivity index (χ1v) is 7.25. The molecule has 0 bridgehead atoms. The number of rotatable bonds is 7. The van der Waals surface area contributed by atoms with Gasteiger partial charge in [0, 0.05) is 43.1 Å². The van der Waals surface area contributed by atoms with Crippen LogP contribution in [0.3, 0.4) is 0 Å². The van der Waals surface area contributed by atoms with Gasteiger partial charge in [-0.15, -0.1) is 0 Å². The molecule has 0 spiro atoms. The summed E-state index contributed by atoms with van der Waals surface area (Å²) in [4.78, 5) is 11.7. The van der Waals surface area contributed by atoms with Crippen molar-refractivity contribution in [2.45, 2.75) is 38.5 Å². The summed E-state index contributed by atoms with van der Waals surface area (Å²) in [6.45, 7) is 4.22.